The van der Waals surface area contributed by atoms with Gasteiger partial charge in [0, 0.05) is 32.2 Å². The summed E-state index contributed by atoms with van der Waals surface area (Å²) in [5, 5.41) is 3.33. The first-order valence-electron chi connectivity index (χ1n) is 8.14. The van der Waals surface area contributed by atoms with Gasteiger partial charge in [0.2, 0.25) is 0 Å². The largest absolute Gasteiger partial charge is 0.488 e. The number of anilines is 1. The van der Waals surface area contributed by atoms with Crippen LogP contribution in [-0.4, -0.2) is 32.3 Å². The van der Waals surface area contributed by atoms with Crippen LogP contribution < -0.4 is 15.0 Å². The molecule has 2 unspecified atom stereocenters. The van der Waals surface area contributed by atoms with Crippen molar-refractivity contribution in [1.29, 1.82) is 0 Å². The van der Waals surface area contributed by atoms with E-state index in [1.165, 1.54) is 18.9 Å². The third-order valence-electron chi connectivity index (χ3n) is 4.56. The molecule has 21 heavy (non-hydrogen) atoms. The molecule has 0 bridgehead atoms. The SMILES string of the molecule is CC1CCCC(Oc2ccc(F)cc2N2CCNCC2)C1. The number of rotatable bonds is 3. The number of ether oxygens (including phenoxy) is 1. The van der Waals surface area contributed by atoms with Crippen molar-refractivity contribution in [2.24, 2.45) is 5.92 Å². The van der Waals surface area contributed by atoms with E-state index in [9.17, 15) is 4.39 Å². The summed E-state index contributed by atoms with van der Waals surface area (Å²) in [5.74, 6) is 1.39. The maximum Gasteiger partial charge on any atom is 0.143 e. The van der Waals surface area contributed by atoms with Crippen molar-refractivity contribution in [2.75, 3.05) is 31.1 Å². The van der Waals surface area contributed by atoms with Crippen LogP contribution in [0.15, 0.2) is 18.2 Å². The fourth-order valence-corrected chi connectivity index (χ4v) is 3.41. The normalized spacial score (nSPS) is 26.7. The quantitative estimate of drug-likeness (QED) is 0.926. The summed E-state index contributed by atoms with van der Waals surface area (Å²) in [6, 6.07) is 4.92. The molecule has 2 fully saturated rings. The predicted octanol–water partition coefficient (Wildman–Crippen LogP) is 3.19. The number of piperazine rings is 1. The lowest BCUT2D eigenvalue weighted by atomic mass is 9.89. The van der Waals surface area contributed by atoms with Gasteiger partial charge in [-0.3, -0.25) is 0 Å². The molecule has 3 rings (SSSR count). The van der Waals surface area contributed by atoms with Crippen LogP contribution in [0.2, 0.25) is 0 Å². The van der Waals surface area contributed by atoms with Gasteiger partial charge in [0.25, 0.3) is 0 Å². The number of hydrogen-bond donors (Lipinski definition) is 1. The molecule has 116 valence electrons. The minimum Gasteiger partial charge on any atom is -0.488 e. The Hall–Kier alpha value is -1.29. The Morgan fingerprint density at radius 2 is 2.05 bits per heavy atom. The van der Waals surface area contributed by atoms with Gasteiger partial charge < -0.3 is 15.0 Å². The van der Waals surface area contributed by atoms with Gasteiger partial charge in [-0.25, -0.2) is 4.39 Å². The minimum atomic E-state index is -0.187. The summed E-state index contributed by atoms with van der Waals surface area (Å²) < 4.78 is 19.9. The van der Waals surface area contributed by atoms with Crippen LogP contribution in [0.5, 0.6) is 5.75 Å². The van der Waals surface area contributed by atoms with E-state index in [1.807, 2.05) is 0 Å². The molecule has 1 heterocycles. The van der Waals surface area contributed by atoms with Crippen molar-refractivity contribution in [3.8, 4) is 5.75 Å². The van der Waals surface area contributed by atoms with E-state index >= 15 is 0 Å². The molecule has 1 aromatic rings. The van der Waals surface area contributed by atoms with E-state index in [2.05, 4.69) is 17.1 Å². The molecule has 2 aliphatic rings. The van der Waals surface area contributed by atoms with Crippen LogP contribution in [0.25, 0.3) is 0 Å². The third kappa shape index (κ3) is 3.67. The highest BCUT2D eigenvalue weighted by Gasteiger charge is 2.23. The van der Waals surface area contributed by atoms with E-state index in [0.29, 0.717) is 0 Å². The predicted molar refractivity (Wildman–Crippen MR) is 83.5 cm³/mol. The lowest BCUT2D eigenvalue weighted by molar-refractivity contribution is 0.129. The van der Waals surface area contributed by atoms with Crippen LogP contribution in [0.4, 0.5) is 10.1 Å². The first-order valence-corrected chi connectivity index (χ1v) is 8.14. The number of halogens is 1. The van der Waals surface area contributed by atoms with Gasteiger partial charge in [-0.05, 0) is 37.3 Å². The second kappa shape index (κ2) is 6.65. The van der Waals surface area contributed by atoms with Gasteiger partial charge in [-0.1, -0.05) is 13.3 Å². The van der Waals surface area contributed by atoms with Gasteiger partial charge in [0.05, 0.1) is 11.8 Å². The number of nitrogens with one attached hydrogen (secondary N) is 1. The molecule has 4 heteroatoms. The average Bonchev–Trinajstić information content (AvgIpc) is 2.50. The molecule has 0 spiro atoms. The molecule has 1 aliphatic carbocycles. The van der Waals surface area contributed by atoms with Crippen molar-refractivity contribution in [2.45, 2.75) is 38.7 Å². The van der Waals surface area contributed by atoms with Crippen molar-refractivity contribution < 1.29 is 9.13 Å². The molecular formula is C17H25FN2O. The molecular weight excluding hydrogens is 267 g/mol. The zero-order valence-corrected chi connectivity index (χ0v) is 12.8. The van der Waals surface area contributed by atoms with Crippen molar-refractivity contribution >= 4 is 5.69 Å². The van der Waals surface area contributed by atoms with Crippen LogP contribution in [0.3, 0.4) is 0 Å². The Kier molecular flexibility index (Phi) is 4.63. The maximum absolute atomic E-state index is 13.6. The fraction of sp³-hybridized carbons (Fsp3) is 0.647. The van der Waals surface area contributed by atoms with Gasteiger partial charge in [-0.15, -0.1) is 0 Å². The van der Waals surface area contributed by atoms with E-state index in [-0.39, 0.29) is 11.9 Å². The Balaban J connectivity index is 1.77. The summed E-state index contributed by atoms with van der Waals surface area (Å²) >= 11 is 0. The Bertz CT molecular complexity index is 474. The van der Waals surface area contributed by atoms with Crippen LogP contribution in [0.1, 0.15) is 32.6 Å². The molecule has 0 radical (unpaired) electrons. The molecule has 1 aliphatic heterocycles. The molecule has 0 aromatic heterocycles. The molecule has 1 saturated heterocycles. The third-order valence-corrected chi connectivity index (χ3v) is 4.56. The molecule has 3 nitrogen and oxygen atoms in total. The van der Waals surface area contributed by atoms with E-state index in [1.54, 1.807) is 12.1 Å². The molecule has 1 saturated carbocycles. The van der Waals surface area contributed by atoms with E-state index in [4.69, 9.17) is 4.74 Å². The maximum atomic E-state index is 13.6. The number of nitrogens with zero attached hydrogens (tertiary/aromatic N) is 1. The van der Waals surface area contributed by atoms with Gasteiger partial charge >= 0.3 is 0 Å². The number of benzene rings is 1. The van der Waals surface area contributed by atoms with Crippen LogP contribution in [-0.2, 0) is 0 Å². The molecule has 1 aromatic carbocycles. The summed E-state index contributed by atoms with van der Waals surface area (Å²) in [7, 11) is 0. The van der Waals surface area contributed by atoms with Crippen molar-refractivity contribution in [3.63, 3.8) is 0 Å². The fourth-order valence-electron chi connectivity index (χ4n) is 3.41. The first kappa shape index (κ1) is 14.6. The average molecular weight is 292 g/mol. The summed E-state index contributed by atoms with van der Waals surface area (Å²) in [5.41, 5.74) is 0.912. The van der Waals surface area contributed by atoms with Crippen molar-refractivity contribution in [3.05, 3.63) is 24.0 Å². The smallest absolute Gasteiger partial charge is 0.143 e. The monoisotopic (exact) mass is 292 g/mol. The summed E-state index contributed by atoms with van der Waals surface area (Å²) in [4.78, 5) is 2.22. The first-order chi connectivity index (χ1) is 10.2. The molecule has 0 amide bonds. The standard InChI is InChI=1S/C17H25FN2O/c1-13-3-2-4-15(11-13)21-17-6-5-14(18)12-16(17)20-9-7-19-8-10-20/h5-6,12-13,15,19H,2-4,7-11H2,1H3. The zero-order chi connectivity index (χ0) is 14.7. The van der Waals surface area contributed by atoms with Gasteiger partial charge in [0.1, 0.15) is 11.6 Å². The van der Waals surface area contributed by atoms with Crippen molar-refractivity contribution in [1.82, 2.24) is 5.32 Å². The highest BCUT2D eigenvalue weighted by Crippen LogP contribution is 2.34. The molecule has 2 atom stereocenters. The van der Waals surface area contributed by atoms with E-state index < -0.39 is 0 Å². The Morgan fingerprint density at radius 3 is 2.81 bits per heavy atom. The van der Waals surface area contributed by atoms with E-state index in [0.717, 1.165) is 56.4 Å². The zero-order valence-electron chi connectivity index (χ0n) is 12.8. The highest BCUT2D eigenvalue weighted by molar-refractivity contribution is 5.59. The topological polar surface area (TPSA) is 24.5 Å². The van der Waals surface area contributed by atoms with Gasteiger partial charge in [0.15, 0.2) is 0 Å². The second-order valence-corrected chi connectivity index (χ2v) is 6.36. The van der Waals surface area contributed by atoms with Gasteiger partial charge in [-0.2, -0.15) is 0 Å². The lowest BCUT2D eigenvalue weighted by Gasteiger charge is -2.33. The number of hydrogen-bond acceptors (Lipinski definition) is 3. The second-order valence-electron chi connectivity index (χ2n) is 6.36. The lowest BCUT2D eigenvalue weighted by Crippen LogP contribution is -2.43. The summed E-state index contributed by atoms with van der Waals surface area (Å²) in [6.45, 7) is 5.98. The Labute approximate surface area is 126 Å². The summed E-state index contributed by atoms with van der Waals surface area (Å²) in [6.07, 6.45) is 5.03. The van der Waals surface area contributed by atoms with Crippen LogP contribution in [0, 0.1) is 11.7 Å². The highest BCUT2D eigenvalue weighted by atomic mass is 19.1. The molecule has 1 N–H and O–H groups in total. The van der Waals surface area contributed by atoms with Crippen LogP contribution >= 0.6 is 0 Å². The minimum absolute atomic E-state index is 0.187. The Morgan fingerprint density at radius 1 is 1.24 bits per heavy atom.